The molecule has 0 saturated heterocycles. The zero-order valence-electron chi connectivity index (χ0n) is 6.10. The molecule has 1 N–H and O–H groups in total. The van der Waals surface area contributed by atoms with Crippen molar-refractivity contribution >= 4 is 5.91 Å². The largest absolute Gasteiger partial charge is 0.348 e. The van der Waals surface area contributed by atoms with Crippen LogP contribution < -0.4 is 5.32 Å². The summed E-state index contributed by atoms with van der Waals surface area (Å²) in [7, 11) is 0. The number of carbonyl (C=O) groups excluding carboxylic acids is 1. The average Bonchev–Trinajstić information content (AvgIpc) is 1.87. The Morgan fingerprint density at radius 2 is 2.27 bits per heavy atom. The van der Waals surface area contributed by atoms with Crippen molar-refractivity contribution in [3.05, 3.63) is 0 Å². The molecule has 0 aromatic carbocycles. The van der Waals surface area contributed by atoms with Gasteiger partial charge in [-0.3, -0.25) is 4.79 Å². The number of rotatable bonds is 3. The molecule has 1 unspecified atom stereocenters. The second kappa shape index (κ2) is 4.67. The maximum atomic E-state index is 11.6. The Labute approximate surface area is 64.0 Å². The minimum atomic E-state index is -2.96. The number of hydrogen-bond donors (Lipinski definition) is 1. The number of alkyl halides is 2. The molecule has 0 aliphatic rings. The summed E-state index contributed by atoms with van der Waals surface area (Å²) in [6.45, 7) is 1.57. The van der Waals surface area contributed by atoms with Crippen LogP contribution in [0.15, 0.2) is 0 Å². The summed E-state index contributed by atoms with van der Waals surface area (Å²) in [4.78, 5) is 10.3. The van der Waals surface area contributed by atoms with E-state index in [1.54, 1.807) is 6.92 Å². The van der Waals surface area contributed by atoms with Crippen LogP contribution in [0.25, 0.3) is 0 Å². The van der Waals surface area contributed by atoms with Crippen LogP contribution in [0.5, 0.6) is 0 Å². The second-order valence-corrected chi connectivity index (χ2v) is 2.12. The van der Waals surface area contributed by atoms with Crippen molar-refractivity contribution in [1.82, 2.24) is 5.32 Å². The minimum absolute atomic E-state index is 0.262. The Balaban J connectivity index is 3.68. The SMILES string of the molecule is C#CCC(C)NC(=O)C(F)F. The number of terminal acetylenes is 1. The Hall–Kier alpha value is -1.11. The molecule has 0 aliphatic heterocycles. The highest BCUT2D eigenvalue weighted by Crippen LogP contribution is 1.94. The second-order valence-electron chi connectivity index (χ2n) is 2.12. The first-order valence-electron chi connectivity index (χ1n) is 3.10. The van der Waals surface area contributed by atoms with Gasteiger partial charge in [-0.2, -0.15) is 8.78 Å². The Morgan fingerprint density at radius 3 is 2.64 bits per heavy atom. The zero-order valence-corrected chi connectivity index (χ0v) is 6.10. The van der Waals surface area contributed by atoms with E-state index in [4.69, 9.17) is 6.42 Å². The highest BCUT2D eigenvalue weighted by atomic mass is 19.3. The topological polar surface area (TPSA) is 29.1 Å². The fourth-order valence-electron chi connectivity index (χ4n) is 0.534. The lowest BCUT2D eigenvalue weighted by molar-refractivity contribution is -0.132. The van der Waals surface area contributed by atoms with E-state index >= 15 is 0 Å². The molecular weight excluding hydrogens is 152 g/mol. The third-order valence-electron chi connectivity index (χ3n) is 1.01. The van der Waals surface area contributed by atoms with E-state index in [1.165, 1.54) is 0 Å². The van der Waals surface area contributed by atoms with E-state index in [1.807, 2.05) is 5.32 Å². The van der Waals surface area contributed by atoms with Gasteiger partial charge in [-0.1, -0.05) is 0 Å². The number of nitrogens with one attached hydrogen (secondary N) is 1. The molecule has 0 heterocycles. The van der Waals surface area contributed by atoms with E-state index in [0.717, 1.165) is 0 Å². The van der Waals surface area contributed by atoms with E-state index in [2.05, 4.69) is 5.92 Å². The molecule has 0 aromatic rings. The van der Waals surface area contributed by atoms with Crippen LogP contribution in [-0.4, -0.2) is 18.4 Å². The lowest BCUT2D eigenvalue weighted by Gasteiger charge is -2.09. The summed E-state index contributed by atoms with van der Waals surface area (Å²) >= 11 is 0. The smallest absolute Gasteiger partial charge is 0.315 e. The quantitative estimate of drug-likeness (QED) is 0.609. The fraction of sp³-hybridized carbons (Fsp3) is 0.571. The summed E-state index contributed by atoms with van der Waals surface area (Å²) in [5.41, 5.74) is 0. The summed E-state index contributed by atoms with van der Waals surface area (Å²) in [6, 6.07) is -0.388. The van der Waals surface area contributed by atoms with Crippen molar-refractivity contribution in [3.63, 3.8) is 0 Å². The Morgan fingerprint density at radius 1 is 1.73 bits per heavy atom. The molecule has 0 fully saturated rings. The van der Waals surface area contributed by atoms with Crippen molar-refractivity contribution in [2.75, 3.05) is 0 Å². The van der Waals surface area contributed by atoms with Crippen LogP contribution in [0.2, 0.25) is 0 Å². The molecule has 0 saturated carbocycles. The number of amides is 1. The molecule has 1 atom stereocenters. The van der Waals surface area contributed by atoms with Gasteiger partial charge in [0, 0.05) is 12.5 Å². The van der Waals surface area contributed by atoms with Crippen molar-refractivity contribution in [2.45, 2.75) is 25.8 Å². The van der Waals surface area contributed by atoms with Crippen LogP contribution in [0.4, 0.5) is 8.78 Å². The van der Waals surface area contributed by atoms with E-state index in [9.17, 15) is 13.6 Å². The molecule has 62 valence electrons. The highest BCUT2D eigenvalue weighted by Gasteiger charge is 2.16. The molecule has 0 aliphatic carbocycles. The first kappa shape index (κ1) is 9.89. The molecule has 1 amide bonds. The predicted molar refractivity (Wildman–Crippen MR) is 37.1 cm³/mol. The van der Waals surface area contributed by atoms with Gasteiger partial charge < -0.3 is 5.32 Å². The van der Waals surface area contributed by atoms with E-state index in [0.29, 0.717) is 0 Å². The monoisotopic (exact) mass is 161 g/mol. The molecule has 0 spiro atoms. The van der Waals surface area contributed by atoms with Crippen molar-refractivity contribution < 1.29 is 13.6 Å². The lowest BCUT2D eigenvalue weighted by atomic mass is 10.2. The first-order valence-corrected chi connectivity index (χ1v) is 3.10. The predicted octanol–water partition coefficient (Wildman–Crippen LogP) is 0.779. The summed E-state index contributed by atoms with van der Waals surface area (Å²) in [5, 5.41) is 2.05. The van der Waals surface area contributed by atoms with Gasteiger partial charge in [0.1, 0.15) is 0 Å². The van der Waals surface area contributed by atoms with Crippen molar-refractivity contribution in [2.24, 2.45) is 0 Å². The Bertz CT molecular complexity index is 174. The van der Waals surface area contributed by atoms with Crippen molar-refractivity contribution in [1.29, 1.82) is 0 Å². The van der Waals surface area contributed by atoms with Crippen LogP contribution in [0.3, 0.4) is 0 Å². The van der Waals surface area contributed by atoms with Crippen LogP contribution in [-0.2, 0) is 4.79 Å². The third-order valence-corrected chi connectivity index (χ3v) is 1.01. The molecule has 0 aromatic heterocycles. The standard InChI is InChI=1S/C7H9F2NO/c1-3-4-5(2)10-7(11)6(8)9/h1,5-6H,4H2,2H3,(H,10,11). The van der Waals surface area contributed by atoms with Crippen LogP contribution in [0, 0.1) is 12.3 Å². The summed E-state index contributed by atoms with van der Waals surface area (Å²) in [6.07, 6.45) is 2.19. The zero-order chi connectivity index (χ0) is 8.85. The van der Waals surface area contributed by atoms with Crippen LogP contribution in [0.1, 0.15) is 13.3 Å². The number of carbonyl (C=O) groups is 1. The number of halogens is 2. The minimum Gasteiger partial charge on any atom is -0.348 e. The number of hydrogen-bond acceptors (Lipinski definition) is 1. The van der Waals surface area contributed by atoms with Crippen LogP contribution >= 0.6 is 0 Å². The molecule has 2 nitrogen and oxygen atoms in total. The van der Waals surface area contributed by atoms with Gasteiger partial charge in [0.2, 0.25) is 0 Å². The highest BCUT2D eigenvalue weighted by molar-refractivity contribution is 5.79. The van der Waals surface area contributed by atoms with Gasteiger partial charge >= 0.3 is 6.43 Å². The molecule has 11 heavy (non-hydrogen) atoms. The maximum absolute atomic E-state index is 11.6. The van der Waals surface area contributed by atoms with E-state index < -0.39 is 12.3 Å². The fourth-order valence-corrected chi connectivity index (χ4v) is 0.534. The van der Waals surface area contributed by atoms with E-state index in [-0.39, 0.29) is 12.5 Å². The molecule has 0 radical (unpaired) electrons. The van der Waals surface area contributed by atoms with Gasteiger partial charge in [-0.05, 0) is 6.92 Å². The summed E-state index contributed by atoms with van der Waals surface area (Å²) < 4.78 is 23.1. The lowest BCUT2D eigenvalue weighted by Crippen LogP contribution is -2.36. The first-order chi connectivity index (χ1) is 5.07. The average molecular weight is 161 g/mol. The maximum Gasteiger partial charge on any atom is 0.315 e. The normalized spacial score (nSPS) is 12.3. The molecule has 0 bridgehead atoms. The molecule has 4 heteroatoms. The van der Waals surface area contributed by atoms with Gasteiger partial charge in [0.15, 0.2) is 0 Å². The molecule has 0 rings (SSSR count). The van der Waals surface area contributed by atoms with Crippen molar-refractivity contribution in [3.8, 4) is 12.3 Å². The Kier molecular flexibility index (Phi) is 4.20. The third kappa shape index (κ3) is 4.31. The van der Waals surface area contributed by atoms with Gasteiger partial charge in [0.25, 0.3) is 5.91 Å². The van der Waals surface area contributed by atoms with Gasteiger partial charge in [-0.15, -0.1) is 12.3 Å². The summed E-state index contributed by atoms with van der Waals surface area (Å²) in [5.74, 6) is 0.982. The van der Waals surface area contributed by atoms with Gasteiger partial charge in [0.05, 0.1) is 0 Å². The van der Waals surface area contributed by atoms with Gasteiger partial charge in [-0.25, -0.2) is 0 Å². The molecular formula is C7H9F2NO.